The highest BCUT2D eigenvalue weighted by Gasteiger charge is 2.07. The van der Waals surface area contributed by atoms with Gasteiger partial charge in [0.05, 0.1) is 5.52 Å². The van der Waals surface area contributed by atoms with Crippen LogP contribution in [0.3, 0.4) is 0 Å². The van der Waals surface area contributed by atoms with Crippen LogP contribution in [0.1, 0.15) is 5.56 Å². The summed E-state index contributed by atoms with van der Waals surface area (Å²) in [4.78, 5) is 0.688. The molecule has 2 aromatic heterocycles. The first-order valence-corrected chi connectivity index (χ1v) is 5.57. The van der Waals surface area contributed by atoms with Gasteiger partial charge in [-0.2, -0.15) is 9.89 Å². The zero-order valence-electron chi connectivity index (χ0n) is 9.25. The topological polar surface area (TPSA) is 22.8 Å². The lowest BCUT2D eigenvalue weighted by Gasteiger charge is -2.00. The zero-order chi connectivity index (χ0) is 11.7. The van der Waals surface area contributed by atoms with E-state index < -0.39 is 0 Å². The lowest BCUT2D eigenvalue weighted by molar-refractivity contribution is 0.386. The van der Waals surface area contributed by atoms with Crippen molar-refractivity contribution in [3.05, 3.63) is 54.5 Å². The molecular formula is C13H12FN3. The highest BCUT2D eigenvalue weighted by Crippen LogP contribution is 2.21. The molecule has 0 saturated heterocycles. The largest absolute Gasteiger partial charge is 0.272 e. The van der Waals surface area contributed by atoms with Gasteiger partial charge in [0.2, 0.25) is 0 Å². The Morgan fingerprint density at radius 2 is 2.06 bits per heavy atom. The monoisotopic (exact) mass is 229 g/mol. The maximum Gasteiger partial charge on any atom is 0.0815 e. The first-order chi connectivity index (χ1) is 8.34. The lowest BCUT2D eigenvalue weighted by atomic mass is 10.1. The average Bonchev–Trinajstić information content (AvgIpc) is 2.96. The molecule has 17 heavy (non-hydrogen) atoms. The summed E-state index contributed by atoms with van der Waals surface area (Å²) in [6.07, 6.45) is 5.99. The summed E-state index contributed by atoms with van der Waals surface area (Å²) < 4.78 is 15.4. The van der Waals surface area contributed by atoms with Crippen molar-refractivity contribution < 1.29 is 4.48 Å². The van der Waals surface area contributed by atoms with Crippen LogP contribution in [0.4, 0.5) is 4.48 Å². The van der Waals surface area contributed by atoms with Gasteiger partial charge in [-0.1, -0.05) is 22.7 Å². The van der Waals surface area contributed by atoms with E-state index in [9.17, 15) is 4.48 Å². The standard InChI is InChI=1S/C13H12FN3/c14-17-10-11(6-9-16-8-3-7-15-16)12-4-1-2-5-13(12)17/h1-5,7-8,10H,6,9H2. The number of aromatic nitrogens is 3. The van der Waals surface area contributed by atoms with E-state index in [1.165, 1.54) is 0 Å². The van der Waals surface area contributed by atoms with Crippen LogP contribution in [0.5, 0.6) is 0 Å². The number of aryl methyl sites for hydroxylation is 2. The lowest BCUT2D eigenvalue weighted by Crippen LogP contribution is -2.00. The predicted octanol–water partition coefficient (Wildman–Crippen LogP) is 2.81. The Hall–Kier alpha value is -2.10. The smallest absolute Gasteiger partial charge is 0.0815 e. The quantitative estimate of drug-likeness (QED) is 0.677. The maximum absolute atomic E-state index is 13.6. The molecule has 0 unspecified atom stereocenters. The fourth-order valence-electron chi connectivity index (χ4n) is 2.07. The van der Waals surface area contributed by atoms with Crippen LogP contribution in [-0.4, -0.2) is 14.6 Å². The minimum Gasteiger partial charge on any atom is -0.272 e. The molecule has 3 rings (SSSR count). The Balaban J connectivity index is 1.90. The number of benzene rings is 1. The normalized spacial score (nSPS) is 11.1. The highest BCUT2D eigenvalue weighted by molar-refractivity contribution is 5.83. The number of hydrogen-bond acceptors (Lipinski definition) is 1. The molecule has 0 aliphatic carbocycles. The Morgan fingerprint density at radius 3 is 2.88 bits per heavy atom. The summed E-state index contributed by atoms with van der Waals surface area (Å²) in [6, 6.07) is 9.39. The van der Waals surface area contributed by atoms with Gasteiger partial charge in [-0.05, 0) is 24.1 Å². The van der Waals surface area contributed by atoms with E-state index in [0.717, 1.165) is 23.9 Å². The molecular weight excluding hydrogens is 217 g/mol. The first kappa shape index (κ1) is 10.1. The Kier molecular flexibility index (Phi) is 2.40. The molecule has 0 amide bonds. The van der Waals surface area contributed by atoms with Gasteiger partial charge in [0, 0.05) is 30.5 Å². The summed E-state index contributed by atoms with van der Waals surface area (Å²) in [6.45, 7) is 0.765. The SMILES string of the molecule is Fn1cc(CCn2cccn2)c2ccccc21. The second kappa shape index (κ2) is 4.05. The van der Waals surface area contributed by atoms with Crippen LogP contribution in [0, 0.1) is 0 Å². The molecule has 3 aromatic rings. The van der Waals surface area contributed by atoms with Crippen LogP contribution in [0.2, 0.25) is 0 Å². The summed E-state index contributed by atoms with van der Waals surface area (Å²) in [5.41, 5.74) is 1.64. The summed E-state index contributed by atoms with van der Waals surface area (Å²) in [7, 11) is 0. The van der Waals surface area contributed by atoms with Crippen molar-refractivity contribution in [3.8, 4) is 0 Å². The minimum absolute atomic E-state index is 0.628. The molecule has 2 heterocycles. The van der Waals surface area contributed by atoms with Crippen LogP contribution < -0.4 is 0 Å². The van der Waals surface area contributed by atoms with Gasteiger partial charge in [-0.25, -0.2) is 0 Å². The molecule has 0 N–H and O–H groups in total. The number of rotatable bonds is 3. The average molecular weight is 229 g/mol. The van der Waals surface area contributed by atoms with Crippen LogP contribution >= 0.6 is 0 Å². The Morgan fingerprint density at radius 1 is 1.18 bits per heavy atom. The van der Waals surface area contributed by atoms with E-state index in [1.807, 2.05) is 35.1 Å². The van der Waals surface area contributed by atoms with Crippen molar-refractivity contribution in [1.82, 2.24) is 14.6 Å². The molecule has 1 aromatic carbocycles. The van der Waals surface area contributed by atoms with Crippen LogP contribution in [0.15, 0.2) is 48.9 Å². The number of nitrogens with zero attached hydrogens (tertiary/aromatic N) is 3. The number of para-hydroxylation sites is 1. The molecule has 0 atom stereocenters. The molecule has 0 fully saturated rings. The predicted molar refractivity (Wildman–Crippen MR) is 64.4 cm³/mol. The van der Waals surface area contributed by atoms with Gasteiger partial charge < -0.3 is 0 Å². The third-order valence-electron chi connectivity index (χ3n) is 2.92. The fraction of sp³-hybridized carbons (Fsp3) is 0.154. The molecule has 0 aliphatic heterocycles. The van der Waals surface area contributed by atoms with E-state index in [1.54, 1.807) is 18.5 Å². The summed E-state index contributed by atoms with van der Waals surface area (Å²) in [5.74, 6) is 0. The van der Waals surface area contributed by atoms with E-state index >= 15 is 0 Å². The van der Waals surface area contributed by atoms with Crippen molar-refractivity contribution in [2.24, 2.45) is 0 Å². The van der Waals surface area contributed by atoms with E-state index in [2.05, 4.69) is 5.10 Å². The molecule has 0 bridgehead atoms. The number of halogens is 1. The third-order valence-corrected chi connectivity index (χ3v) is 2.92. The van der Waals surface area contributed by atoms with Gasteiger partial charge in [-0.15, -0.1) is 0 Å². The van der Waals surface area contributed by atoms with Crippen molar-refractivity contribution >= 4 is 10.9 Å². The van der Waals surface area contributed by atoms with Crippen molar-refractivity contribution in [3.63, 3.8) is 0 Å². The minimum atomic E-state index is 0.628. The van der Waals surface area contributed by atoms with Crippen molar-refractivity contribution in [1.29, 1.82) is 0 Å². The molecule has 3 nitrogen and oxygen atoms in total. The second-order valence-corrected chi connectivity index (χ2v) is 4.00. The van der Waals surface area contributed by atoms with Gasteiger partial charge in [0.15, 0.2) is 0 Å². The van der Waals surface area contributed by atoms with E-state index in [-0.39, 0.29) is 0 Å². The van der Waals surface area contributed by atoms with Gasteiger partial charge in [-0.3, -0.25) is 4.68 Å². The van der Waals surface area contributed by atoms with E-state index in [0.29, 0.717) is 10.3 Å². The van der Waals surface area contributed by atoms with Gasteiger partial charge >= 0.3 is 0 Å². The molecule has 86 valence electrons. The maximum atomic E-state index is 13.6. The number of fused-ring (bicyclic) bond motifs is 1. The molecule has 0 spiro atoms. The zero-order valence-corrected chi connectivity index (χ0v) is 9.25. The third kappa shape index (κ3) is 1.82. The van der Waals surface area contributed by atoms with Crippen LogP contribution in [0.25, 0.3) is 10.9 Å². The molecule has 0 saturated carbocycles. The van der Waals surface area contributed by atoms with Crippen LogP contribution in [-0.2, 0) is 13.0 Å². The molecule has 0 aliphatic rings. The van der Waals surface area contributed by atoms with Gasteiger partial charge in [0.1, 0.15) is 0 Å². The van der Waals surface area contributed by atoms with Crippen molar-refractivity contribution in [2.45, 2.75) is 13.0 Å². The first-order valence-electron chi connectivity index (χ1n) is 5.57. The van der Waals surface area contributed by atoms with Gasteiger partial charge in [0.25, 0.3) is 0 Å². The fourth-order valence-corrected chi connectivity index (χ4v) is 2.07. The molecule has 0 radical (unpaired) electrons. The highest BCUT2D eigenvalue weighted by atomic mass is 19.2. The Labute approximate surface area is 98.0 Å². The van der Waals surface area contributed by atoms with Crippen molar-refractivity contribution in [2.75, 3.05) is 0 Å². The second-order valence-electron chi connectivity index (χ2n) is 4.00. The summed E-state index contributed by atoms with van der Waals surface area (Å²) in [5, 5.41) is 5.11. The van der Waals surface area contributed by atoms with E-state index in [4.69, 9.17) is 0 Å². The molecule has 4 heteroatoms. The number of hydrogen-bond donors (Lipinski definition) is 0. The summed E-state index contributed by atoms with van der Waals surface area (Å²) >= 11 is 0. The Bertz CT molecular complexity index is 625.